The second kappa shape index (κ2) is 7.08. The highest BCUT2D eigenvalue weighted by Crippen LogP contribution is 2.30. The van der Waals surface area contributed by atoms with Crippen LogP contribution in [0, 0.1) is 0 Å². The lowest BCUT2D eigenvalue weighted by Crippen LogP contribution is -2.06. The van der Waals surface area contributed by atoms with Gasteiger partial charge in [-0.1, -0.05) is 18.5 Å². The molecule has 1 aromatic carbocycles. The van der Waals surface area contributed by atoms with Crippen molar-refractivity contribution in [3.63, 3.8) is 0 Å². The van der Waals surface area contributed by atoms with Crippen LogP contribution in [-0.4, -0.2) is 23.9 Å². The molecule has 0 bridgehead atoms. The number of rotatable bonds is 7. The highest BCUT2D eigenvalue weighted by molar-refractivity contribution is 5.72. The van der Waals surface area contributed by atoms with Crippen molar-refractivity contribution in [2.75, 3.05) is 19.5 Å². The summed E-state index contributed by atoms with van der Waals surface area (Å²) >= 11 is 0. The van der Waals surface area contributed by atoms with Crippen molar-refractivity contribution in [1.29, 1.82) is 0 Å². The standard InChI is InChI=1S/C15H21N3O3/c1-4-6-13(20-5-2)14-17-15(21-18-14)11-9-10(19-3)7-8-12(11)16/h7-9,13H,4-6,16H2,1-3H3. The van der Waals surface area contributed by atoms with Gasteiger partial charge >= 0.3 is 0 Å². The molecule has 1 aromatic heterocycles. The summed E-state index contributed by atoms with van der Waals surface area (Å²) in [6.45, 7) is 4.65. The zero-order chi connectivity index (χ0) is 15.2. The minimum atomic E-state index is -0.149. The monoisotopic (exact) mass is 291 g/mol. The summed E-state index contributed by atoms with van der Waals surface area (Å²) in [4.78, 5) is 4.42. The van der Waals surface area contributed by atoms with E-state index in [0.29, 0.717) is 35.3 Å². The highest BCUT2D eigenvalue weighted by Gasteiger charge is 2.19. The Morgan fingerprint density at radius 3 is 2.81 bits per heavy atom. The zero-order valence-corrected chi connectivity index (χ0v) is 12.6. The van der Waals surface area contributed by atoms with Crippen molar-refractivity contribution in [3.8, 4) is 17.2 Å². The summed E-state index contributed by atoms with van der Waals surface area (Å²) in [5.74, 6) is 1.62. The van der Waals surface area contributed by atoms with E-state index in [0.717, 1.165) is 12.8 Å². The Morgan fingerprint density at radius 2 is 2.14 bits per heavy atom. The van der Waals surface area contributed by atoms with Gasteiger partial charge in [-0.25, -0.2) is 0 Å². The van der Waals surface area contributed by atoms with Gasteiger partial charge in [0.15, 0.2) is 0 Å². The molecule has 1 unspecified atom stereocenters. The third kappa shape index (κ3) is 3.52. The van der Waals surface area contributed by atoms with Crippen LogP contribution in [-0.2, 0) is 4.74 Å². The van der Waals surface area contributed by atoms with Crippen molar-refractivity contribution >= 4 is 5.69 Å². The molecule has 6 nitrogen and oxygen atoms in total. The molecule has 0 radical (unpaired) electrons. The minimum absolute atomic E-state index is 0.149. The normalized spacial score (nSPS) is 12.3. The minimum Gasteiger partial charge on any atom is -0.497 e. The summed E-state index contributed by atoms with van der Waals surface area (Å²) in [6, 6.07) is 5.32. The Labute approximate surface area is 124 Å². The number of methoxy groups -OCH3 is 1. The molecule has 0 aliphatic rings. The van der Waals surface area contributed by atoms with E-state index in [1.54, 1.807) is 25.3 Å². The second-order valence-corrected chi connectivity index (χ2v) is 4.64. The van der Waals surface area contributed by atoms with Crippen molar-refractivity contribution in [2.45, 2.75) is 32.8 Å². The number of nitrogens with two attached hydrogens (primary N) is 1. The second-order valence-electron chi connectivity index (χ2n) is 4.64. The van der Waals surface area contributed by atoms with E-state index in [-0.39, 0.29) is 6.10 Å². The molecule has 0 aliphatic heterocycles. The summed E-state index contributed by atoms with van der Waals surface area (Å²) in [6.07, 6.45) is 1.68. The van der Waals surface area contributed by atoms with E-state index in [9.17, 15) is 0 Å². The maximum atomic E-state index is 5.96. The molecular weight excluding hydrogens is 270 g/mol. The maximum absolute atomic E-state index is 5.96. The average molecular weight is 291 g/mol. The van der Waals surface area contributed by atoms with Crippen LogP contribution in [0.4, 0.5) is 5.69 Å². The fourth-order valence-corrected chi connectivity index (χ4v) is 2.07. The van der Waals surface area contributed by atoms with Gasteiger partial charge in [0, 0.05) is 12.3 Å². The lowest BCUT2D eigenvalue weighted by molar-refractivity contribution is 0.0478. The quantitative estimate of drug-likeness (QED) is 0.789. The lowest BCUT2D eigenvalue weighted by atomic mass is 10.1. The lowest BCUT2D eigenvalue weighted by Gasteiger charge is -2.11. The molecule has 21 heavy (non-hydrogen) atoms. The van der Waals surface area contributed by atoms with Crippen molar-refractivity contribution in [1.82, 2.24) is 10.1 Å². The number of anilines is 1. The van der Waals surface area contributed by atoms with Gasteiger partial charge in [0.1, 0.15) is 11.9 Å². The van der Waals surface area contributed by atoms with E-state index < -0.39 is 0 Å². The molecular formula is C15H21N3O3. The number of benzene rings is 1. The van der Waals surface area contributed by atoms with E-state index >= 15 is 0 Å². The van der Waals surface area contributed by atoms with Crippen LogP contribution in [0.2, 0.25) is 0 Å². The summed E-state index contributed by atoms with van der Waals surface area (Å²) < 4.78 is 16.2. The maximum Gasteiger partial charge on any atom is 0.260 e. The predicted molar refractivity (Wildman–Crippen MR) is 80.0 cm³/mol. The average Bonchev–Trinajstić information content (AvgIpc) is 2.97. The molecule has 2 aromatic rings. The zero-order valence-electron chi connectivity index (χ0n) is 12.6. The highest BCUT2D eigenvalue weighted by atomic mass is 16.5. The van der Waals surface area contributed by atoms with E-state index in [1.807, 2.05) is 6.92 Å². The molecule has 0 saturated heterocycles. The Kier molecular flexibility index (Phi) is 5.16. The Hall–Kier alpha value is -2.08. The number of nitrogens with zero attached hydrogens (tertiary/aromatic N) is 2. The van der Waals surface area contributed by atoms with E-state index in [1.165, 1.54) is 0 Å². The largest absolute Gasteiger partial charge is 0.497 e. The fourth-order valence-electron chi connectivity index (χ4n) is 2.07. The number of hydrogen-bond donors (Lipinski definition) is 1. The van der Waals surface area contributed by atoms with E-state index in [4.69, 9.17) is 19.7 Å². The molecule has 0 amide bonds. The summed E-state index contributed by atoms with van der Waals surface area (Å²) in [5, 5.41) is 4.02. The topological polar surface area (TPSA) is 83.4 Å². The Bertz CT molecular complexity index is 577. The first-order valence-electron chi connectivity index (χ1n) is 7.08. The van der Waals surface area contributed by atoms with Gasteiger partial charge in [-0.3, -0.25) is 0 Å². The number of ether oxygens (including phenoxy) is 2. The van der Waals surface area contributed by atoms with Crippen LogP contribution >= 0.6 is 0 Å². The van der Waals surface area contributed by atoms with Crippen LogP contribution in [0.5, 0.6) is 5.75 Å². The first kappa shape index (κ1) is 15.3. The molecule has 2 N–H and O–H groups in total. The van der Waals surface area contributed by atoms with Crippen LogP contribution in [0.1, 0.15) is 38.6 Å². The summed E-state index contributed by atoms with van der Waals surface area (Å²) in [7, 11) is 1.60. The van der Waals surface area contributed by atoms with Crippen molar-refractivity contribution in [3.05, 3.63) is 24.0 Å². The first-order chi connectivity index (χ1) is 10.2. The van der Waals surface area contributed by atoms with Crippen LogP contribution < -0.4 is 10.5 Å². The SMILES string of the molecule is CCCC(OCC)c1noc(-c2cc(OC)ccc2N)n1. The van der Waals surface area contributed by atoms with Crippen LogP contribution in [0.15, 0.2) is 22.7 Å². The molecule has 114 valence electrons. The van der Waals surface area contributed by atoms with Gasteiger partial charge in [0.05, 0.1) is 12.7 Å². The molecule has 1 heterocycles. The third-order valence-electron chi connectivity index (χ3n) is 3.14. The van der Waals surface area contributed by atoms with E-state index in [2.05, 4.69) is 17.1 Å². The smallest absolute Gasteiger partial charge is 0.260 e. The molecule has 0 fully saturated rings. The Morgan fingerprint density at radius 1 is 1.33 bits per heavy atom. The molecule has 6 heteroatoms. The van der Waals surface area contributed by atoms with Gasteiger partial charge in [-0.15, -0.1) is 0 Å². The van der Waals surface area contributed by atoms with Crippen molar-refractivity contribution < 1.29 is 14.0 Å². The summed E-state index contributed by atoms with van der Waals surface area (Å²) in [5.41, 5.74) is 7.20. The molecule has 1 atom stereocenters. The number of hydrogen-bond acceptors (Lipinski definition) is 6. The number of aromatic nitrogens is 2. The van der Waals surface area contributed by atoms with Gasteiger partial charge in [0.2, 0.25) is 5.82 Å². The van der Waals surface area contributed by atoms with Gasteiger partial charge in [-0.05, 0) is 31.5 Å². The molecule has 0 saturated carbocycles. The third-order valence-corrected chi connectivity index (χ3v) is 3.14. The molecule has 2 rings (SSSR count). The predicted octanol–water partition coefficient (Wildman–Crippen LogP) is 3.21. The molecule has 0 spiro atoms. The first-order valence-corrected chi connectivity index (χ1v) is 7.08. The number of nitrogen functional groups attached to an aromatic ring is 1. The van der Waals surface area contributed by atoms with Gasteiger partial charge in [-0.2, -0.15) is 4.98 Å². The van der Waals surface area contributed by atoms with Crippen LogP contribution in [0.25, 0.3) is 11.5 Å². The van der Waals surface area contributed by atoms with Gasteiger partial charge in [0.25, 0.3) is 5.89 Å². The molecule has 0 aliphatic carbocycles. The van der Waals surface area contributed by atoms with Gasteiger partial charge < -0.3 is 19.7 Å². The van der Waals surface area contributed by atoms with Crippen LogP contribution in [0.3, 0.4) is 0 Å². The fraction of sp³-hybridized carbons (Fsp3) is 0.467. The van der Waals surface area contributed by atoms with Crippen molar-refractivity contribution in [2.24, 2.45) is 0 Å². The Balaban J connectivity index is 2.30.